The first-order valence-electron chi connectivity index (χ1n) is 9.80. The molecule has 1 unspecified atom stereocenters. The number of hydrogen-bond donors (Lipinski definition) is 1. The molecule has 27 heavy (non-hydrogen) atoms. The molecule has 3 heterocycles. The van der Waals surface area contributed by atoms with Gasteiger partial charge in [-0.2, -0.15) is 0 Å². The maximum atomic E-state index is 13.1. The van der Waals surface area contributed by atoms with Crippen LogP contribution in [0.5, 0.6) is 0 Å². The van der Waals surface area contributed by atoms with Gasteiger partial charge in [0, 0.05) is 45.7 Å². The average molecular weight is 368 g/mol. The van der Waals surface area contributed by atoms with Gasteiger partial charge in [0.15, 0.2) is 0 Å². The summed E-state index contributed by atoms with van der Waals surface area (Å²) < 4.78 is 7.53. The number of carbonyl (C=O) groups is 1. The molecule has 1 fully saturated rings. The second-order valence-corrected chi connectivity index (χ2v) is 7.72. The van der Waals surface area contributed by atoms with E-state index >= 15 is 0 Å². The van der Waals surface area contributed by atoms with Gasteiger partial charge in [-0.1, -0.05) is 23.8 Å². The van der Waals surface area contributed by atoms with E-state index in [0.717, 1.165) is 44.8 Å². The predicted octanol–water partition coefficient (Wildman–Crippen LogP) is 2.96. The molecule has 1 atom stereocenters. The average Bonchev–Trinajstić information content (AvgIpc) is 3.11. The van der Waals surface area contributed by atoms with Crippen molar-refractivity contribution < 1.29 is 9.53 Å². The van der Waals surface area contributed by atoms with Crippen LogP contribution in [-0.2, 0) is 24.8 Å². The quantitative estimate of drug-likeness (QED) is 0.906. The van der Waals surface area contributed by atoms with E-state index in [1.165, 1.54) is 16.7 Å². The number of hydrogen-bond acceptors (Lipinski definition) is 3. The molecule has 0 spiro atoms. The Kier molecular flexibility index (Phi) is 5.16. The summed E-state index contributed by atoms with van der Waals surface area (Å²) in [6.45, 7) is 5.03. The lowest BCUT2D eigenvalue weighted by molar-refractivity contribution is 0.0523. The smallest absolute Gasteiger partial charge is 0.318 e. The van der Waals surface area contributed by atoms with E-state index in [9.17, 15) is 4.79 Å². The molecule has 0 bridgehead atoms. The first-order valence-corrected chi connectivity index (χ1v) is 9.80. The molecule has 1 N–H and O–H groups in total. The maximum Gasteiger partial charge on any atom is 0.318 e. The largest absolute Gasteiger partial charge is 0.381 e. The van der Waals surface area contributed by atoms with Crippen LogP contribution in [-0.4, -0.2) is 40.2 Å². The van der Waals surface area contributed by atoms with E-state index in [-0.39, 0.29) is 12.1 Å². The van der Waals surface area contributed by atoms with Crippen LogP contribution in [0.15, 0.2) is 30.6 Å². The van der Waals surface area contributed by atoms with Gasteiger partial charge in [-0.15, -0.1) is 0 Å². The number of nitrogens with one attached hydrogen (secondary N) is 1. The fourth-order valence-electron chi connectivity index (χ4n) is 4.20. The third-order valence-corrected chi connectivity index (χ3v) is 5.81. The fraction of sp³-hybridized carbons (Fsp3) is 0.524. The van der Waals surface area contributed by atoms with Crippen LogP contribution in [0.1, 0.15) is 41.4 Å². The predicted molar refractivity (Wildman–Crippen MR) is 103 cm³/mol. The lowest BCUT2D eigenvalue weighted by Crippen LogP contribution is -2.46. The van der Waals surface area contributed by atoms with Crippen molar-refractivity contribution in [3.05, 3.63) is 53.1 Å². The highest BCUT2D eigenvalue weighted by Gasteiger charge is 2.31. The molecule has 1 aromatic carbocycles. The van der Waals surface area contributed by atoms with E-state index in [2.05, 4.69) is 35.4 Å². The van der Waals surface area contributed by atoms with Crippen LogP contribution in [0.25, 0.3) is 0 Å². The van der Waals surface area contributed by atoms with E-state index in [1.807, 2.05) is 22.7 Å². The summed E-state index contributed by atoms with van der Waals surface area (Å²) in [6.07, 6.45) is 6.54. The topological polar surface area (TPSA) is 59.4 Å². The molecule has 6 heteroatoms. The van der Waals surface area contributed by atoms with E-state index in [1.54, 1.807) is 6.20 Å². The molecule has 6 nitrogen and oxygen atoms in total. The third-order valence-electron chi connectivity index (χ3n) is 5.81. The van der Waals surface area contributed by atoms with Crippen molar-refractivity contribution in [2.24, 2.45) is 13.0 Å². The molecule has 4 rings (SSSR count). The fourth-order valence-corrected chi connectivity index (χ4v) is 4.20. The van der Waals surface area contributed by atoms with Crippen LogP contribution in [0.2, 0.25) is 0 Å². The minimum Gasteiger partial charge on any atom is -0.381 e. The van der Waals surface area contributed by atoms with Crippen LogP contribution in [0, 0.1) is 12.8 Å². The van der Waals surface area contributed by atoms with Gasteiger partial charge < -0.3 is 19.5 Å². The molecule has 2 aromatic rings. The number of aryl methyl sites for hydroxylation is 2. The first kappa shape index (κ1) is 18.0. The van der Waals surface area contributed by atoms with Crippen molar-refractivity contribution in [1.29, 1.82) is 0 Å². The lowest BCUT2D eigenvalue weighted by Gasteiger charge is -2.34. The monoisotopic (exact) mass is 368 g/mol. The zero-order valence-corrected chi connectivity index (χ0v) is 16.1. The Balaban J connectivity index is 1.50. The Hall–Kier alpha value is -2.34. The summed E-state index contributed by atoms with van der Waals surface area (Å²) in [5.41, 5.74) is 3.90. The summed E-state index contributed by atoms with van der Waals surface area (Å²) in [6, 6.07) is 6.43. The molecule has 1 saturated heterocycles. The number of aromatic nitrogens is 2. The number of fused-ring (bicyclic) bond motifs is 1. The van der Waals surface area contributed by atoms with Crippen molar-refractivity contribution in [2.45, 2.75) is 38.8 Å². The number of rotatable bonds is 3. The Morgan fingerprint density at radius 2 is 2.11 bits per heavy atom. The molecule has 144 valence electrons. The molecule has 0 saturated carbocycles. The highest BCUT2D eigenvalue weighted by Crippen LogP contribution is 2.30. The van der Waals surface area contributed by atoms with Crippen molar-refractivity contribution in [3.8, 4) is 0 Å². The Morgan fingerprint density at radius 1 is 1.30 bits per heavy atom. The van der Waals surface area contributed by atoms with Crippen molar-refractivity contribution in [3.63, 3.8) is 0 Å². The molecule has 1 aromatic heterocycles. The summed E-state index contributed by atoms with van der Waals surface area (Å²) >= 11 is 0. The minimum atomic E-state index is -0.0826. The standard InChI is InChI=1S/C21H28N4O2/c1-15-3-4-18-14-25(9-5-17(18)13-15)21(26)23-19(16-6-11-27-12-7-16)20-22-8-10-24(20)2/h3-4,8,10,13,16,19H,5-7,9,11-12,14H2,1-2H3,(H,23,26). The highest BCUT2D eigenvalue weighted by atomic mass is 16.5. The normalized spacial score (nSPS) is 18.8. The van der Waals surface area contributed by atoms with Gasteiger partial charge in [0.1, 0.15) is 5.82 Å². The Morgan fingerprint density at radius 3 is 2.85 bits per heavy atom. The number of urea groups is 1. The summed E-state index contributed by atoms with van der Waals surface area (Å²) in [5, 5.41) is 3.29. The van der Waals surface area contributed by atoms with Gasteiger partial charge in [0.2, 0.25) is 0 Å². The van der Waals surface area contributed by atoms with Gasteiger partial charge in [-0.25, -0.2) is 9.78 Å². The maximum absolute atomic E-state index is 13.1. The molecule has 0 radical (unpaired) electrons. The number of benzene rings is 1. The lowest BCUT2D eigenvalue weighted by atomic mass is 9.91. The molecule has 0 aliphatic carbocycles. The van der Waals surface area contributed by atoms with Crippen LogP contribution in [0.3, 0.4) is 0 Å². The summed E-state index contributed by atoms with van der Waals surface area (Å²) in [7, 11) is 1.99. The SMILES string of the molecule is Cc1ccc2c(c1)CCN(C(=O)NC(c1nccn1C)C1CCOCC1)C2. The molecular weight excluding hydrogens is 340 g/mol. The summed E-state index contributed by atoms with van der Waals surface area (Å²) in [5.74, 6) is 1.27. The van der Waals surface area contributed by atoms with Gasteiger partial charge in [-0.3, -0.25) is 0 Å². The van der Waals surface area contributed by atoms with Gasteiger partial charge in [0.25, 0.3) is 0 Å². The first-order chi connectivity index (χ1) is 13.1. The number of carbonyl (C=O) groups excluding carboxylic acids is 1. The molecular formula is C21H28N4O2. The number of ether oxygens (including phenoxy) is 1. The minimum absolute atomic E-state index is 0.000664. The van der Waals surface area contributed by atoms with Crippen LogP contribution < -0.4 is 5.32 Å². The van der Waals surface area contributed by atoms with Crippen LogP contribution in [0.4, 0.5) is 4.79 Å². The van der Waals surface area contributed by atoms with E-state index in [4.69, 9.17) is 4.74 Å². The van der Waals surface area contributed by atoms with Crippen LogP contribution >= 0.6 is 0 Å². The highest BCUT2D eigenvalue weighted by molar-refractivity contribution is 5.75. The second-order valence-electron chi connectivity index (χ2n) is 7.72. The van der Waals surface area contributed by atoms with Gasteiger partial charge in [-0.05, 0) is 43.2 Å². The van der Waals surface area contributed by atoms with Crippen molar-refractivity contribution in [2.75, 3.05) is 19.8 Å². The van der Waals surface area contributed by atoms with Gasteiger partial charge in [0.05, 0.1) is 6.04 Å². The molecule has 2 aliphatic rings. The molecule has 2 aliphatic heterocycles. The molecule has 2 amide bonds. The van der Waals surface area contributed by atoms with E-state index in [0.29, 0.717) is 12.5 Å². The van der Waals surface area contributed by atoms with Crippen molar-refractivity contribution >= 4 is 6.03 Å². The number of amides is 2. The summed E-state index contributed by atoms with van der Waals surface area (Å²) in [4.78, 5) is 19.5. The Labute approximate surface area is 160 Å². The number of nitrogens with zero attached hydrogens (tertiary/aromatic N) is 3. The zero-order chi connectivity index (χ0) is 18.8. The van der Waals surface area contributed by atoms with Gasteiger partial charge >= 0.3 is 6.03 Å². The van der Waals surface area contributed by atoms with E-state index < -0.39 is 0 Å². The van der Waals surface area contributed by atoms with Crippen molar-refractivity contribution in [1.82, 2.24) is 19.8 Å². The Bertz CT molecular complexity index is 810. The third kappa shape index (κ3) is 3.86. The number of imidazole rings is 1. The zero-order valence-electron chi connectivity index (χ0n) is 16.1. The second kappa shape index (κ2) is 7.72.